The second-order valence-corrected chi connectivity index (χ2v) is 7.55. The van der Waals surface area contributed by atoms with Crippen molar-refractivity contribution < 1.29 is 4.55 Å². The van der Waals surface area contributed by atoms with Gasteiger partial charge in [0.1, 0.15) is 22.3 Å². The monoisotopic (exact) mass is 256 g/mol. The summed E-state index contributed by atoms with van der Waals surface area (Å²) < 4.78 is 15.7. The second-order valence-electron chi connectivity index (χ2n) is 5.62. The van der Waals surface area contributed by atoms with E-state index in [0.29, 0.717) is 0 Å². The molecule has 98 valence electrons. The van der Waals surface area contributed by atoms with Crippen LogP contribution < -0.4 is 0 Å². The van der Waals surface area contributed by atoms with Crippen LogP contribution in [0.1, 0.15) is 40.5 Å². The standard InChI is InChI=1S/C13H24N2OS/c1-6-11-7-8-12(15(5)10-11)9-14-17(16)13(2,3)4/h8-9,11H,6-7,10H2,1-5H3/b14-9+. The maximum absolute atomic E-state index is 11.8. The average Bonchev–Trinajstić information content (AvgIpc) is 2.25. The van der Waals surface area contributed by atoms with E-state index in [1.165, 1.54) is 6.42 Å². The first-order chi connectivity index (χ1) is 7.84. The van der Waals surface area contributed by atoms with Crippen molar-refractivity contribution in [2.75, 3.05) is 13.6 Å². The summed E-state index contributed by atoms with van der Waals surface area (Å²) in [4.78, 5) is 2.20. The molecule has 0 amide bonds. The van der Waals surface area contributed by atoms with Crippen LogP contribution in [-0.2, 0) is 11.4 Å². The first-order valence-electron chi connectivity index (χ1n) is 6.22. The highest BCUT2D eigenvalue weighted by Gasteiger charge is 2.26. The number of hydrogen-bond acceptors (Lipinski definition) is 3. The third kappa shape index (κ3) is 4.36. The van der Waals surface area contributed by atoms with E-state index in [1.54, 1.807) is 6.21 Å². The molecule has 1 rings (SSSR count). The highest BCUT2D eigenvalue weighted by Crippen LogP contribution is 2.21. The molecule has 0 radical (unpaired) electrons. The van der Waals surface area contributed by atoms with Gasteiger partial charge in [-0.25, -0.2) is 0 Å². The molecule has 0 aromatic heterocycles. The van der Waals surface area contributed by atoms with Gasteiger partial charge in [-0.2, -0.15) is 0 Å². The summed E-state index contributed by atoms with van der Waals surface area (Å²) in [6.07, 6.45) is 6.26. The van der Waals surface area contributed by atoms with Crippen molar-refractivity contribution in [3.8, 4) is 0 Å². The zero-order valence-electron chi connectivity index (χ0n) is 11.6. The Morgan fingerprint density at radius 1 is 1.59 bits per heavy atom. The molecular formula is C13H24N2OS. The quantitative estimate of drug-likeness (QED) is 0.575. The van der Waals surface area contributed by atoms with Crippen LogP contribution in [0.4, 0.5) is 0 Å². The molecule has 0 aromatic rings. The molecule has 1 aliphatic heterocycles. The Morgan fingerprint density at radius 3 is 2.71 bits per heavy atom. The molecule has 0 spiro atoms. The van der Waals surface area contributed by atoms with Gasteiger partial charge in [0, 0.05) is 13.6 Å². The fraction of sp³-hybridized carbons (Fsp3) is 0.769. The molecule has 0 N–H and O–H groups in total. The SMILES string of the molecule is CCC1CC=C(/C=N/[S+]([O-])C(C)(C)C)N(C)C1. The van der Waals surface area contributed by atoms with Crippen LogP contribution in [0.5, 0.6) is 0 Å². The van der Waals surface area contributed by atoms with Gasteiger partial charge in [-0.05, 0) is 33.1 Å². The first kappa shape index (κ1) is 14.6. The van der Waals surface area contributed by atoms with Crippen molar-refractivity contribution in [1.82, 2.24) is 4.90 Å². The van der Waals surface area contributed by atoms with E-state index >= 15 is 0 Å². The lowest BCUT2D eigenvalue weighted by atomic mass is 9.98. The summed E-state index contributed by atoms with van der Waals surface area (Å²) in [5.74, 6) is 0.741. The van der Waals surface area contributed by atoms with Crippen molar-refractivity contribution in [3.63, 3.8) is 0 Å². The van der Waals surface area contributed by atoms with Crippen molar-refractivity contribution in [3.05, 3.63) is 11.8 Å². The Labute approximate surface area is 108 Å². The maximum Gasteiger partial charge on any atom is 0.144 e. The average molecular weight is 256 g/mol. The fourth-order valence-electron chi connectivity index (χ4n) is 1.72. The van der Waals surface area contributed by atoms with Crippen molar-refractivity contribution in [2.45, 2.75) is 45.3 Å². The highest BCUT2D eigenvalue weighted by molar-refractivity contribution is 7.91. The predicted octanol–water partition coefficient (Wildman–Crippen LogP) is 2.77. The smallest absolute Gasteiger partial charge is 0.144 e. The van der Waals surface area contributed by atoms with Crippen LogP contribution in [0.25, 0.3) is 0 Å². The van der Waals surface area contributed by atoms with E-state index in [9.17, 15) is 4.55 Å². The van der Waals surface area contributed by atoms with E-state index in [-0.39, 0.29) is 4.75 Å². The summed E-state index contributed by atoms with van der Waals surface area (Å²) in [6.45, 7) is 9.10. The van der Waals surface area contributed by atoms with Crippen LogP contribution in [0.2, 0.25) is 0 Å². The van der Waals surface area contributed by atoms with E-state index in [4.69, 9.17) is 0 Å². The number of rotatable bonds is 3. The Kier molecular flexibility index (Phi) is 5.07. The van der Waals surface area contributed by atoms with Crippen molar-refractivity contribution in [1.29, 1.82) is 0 Å². The van der Waals surface area contributed by atoms with Crippen molar-refractivity contribution >= 4 is 17.6 Å². The summed E-state index contributed by atoms with van der Waals surface area (Å²) >= 11 is -1.16. The summed E-state index contributed by atoms with van der Waals surface area (Å²) in [7, 11) is 2.07. The van der Waals surface area contributed by atoms with Crippen LogP contribution in [0, 0.1) is 5.92 Å². The van der Waals surface area contributed by atoms with Gasteiger partial charge in [0.15, 0.2) is 0 Å². The number of nitrogens with zero attached hydrogens (tertiary/aromatic N) is 2. The predicted molar refractivity (Wildman–Crippen MR) is 75.5 cm³/mol. The molecule has 1 aliphatic rings. The zero-order chi connectivity index (χ0) is 13.1. The molecule has 0 fully saturated rings. The van der Waals surface area contributed by atoms with Gasteiger partial charge < -0.3 is 9.45 Å². The third-order valence-corrected chi connectivity index (χ3v) is 4.36. The fourth-order valence-corrected chi connectivity index (χ4v) is 2.24. The Balaban J connectivity index is 2.63. The van der Waals surface area contributed by atoms with Crippen LogP contribution >= 0.6 is 0 Å². The van der Waals surface area contributed by atoms with Gasteiger partial charge in [0.05, 0.1) is 5.70 Å². The van der Waals surface area contributed by atoms with E-state index in [1.807, 2.05) is 20.8 Å². The minimum atomic E-state index is -1.16. The topological polar surface area (TPSA) is 38.7 Å². The first-order valence-corrected chi connectivity index (χ1v) is 7.32. The summed E-state index contributed by atoms with van der Waals surface area (Å²) in [6, 6.07) is 0. The molecule has 0 saturated carbocycles. The lowest BCUT2D eigenvalue weighted by Crippen LogP contribution is -2.30. The molecule has 0 saturated heterocycles. The molecule has 0 aromatic carbocycles. The molecule has 4 heteroatoms. The van der Waals surface area contributed by atoms with Crippen LogP contribution in [-0.4, -0.2) is 34.0 Å². The Hall–Kier alpha value is -0.480. The van der Waals surface area contributed by atoms with E-state index < -0.39 is 11.4 Å². The highest BCUT2D eigenvalue weighted by atomic mass is 32.2. The van der Waals surface area contributed by atoms with Gasteiger partial charge in [-0.15, -0.1) is 0 Å². The zero-order valence-corrected chi connectivity index (χ0v) is 12.4. The van der Waals surface area contributed by atoms with Crippen LogP contribution in [0.15, 0.2) is 16.2 Å². The van der Waals surface area contributed by atoms with E-state index in [0.717, 1.165) is 24.6 Å². The van der Waals surface area contributed by atoms with Gasteiger partial charge in [-0.3, -0.25) is 0 Å². The Morgan fingerprint density at radius 2 is 2.24 bits per heavy atom. The molecule has 1 heterocycles. The third-order valence-electron chi connectivity index (χ3n) is 3.02. The molecule has 2 unspecified atom stereocenters. The van der Waals surface area contributed by atoms with Gasteiger partial charge >= 0.3 is 0 Å². The molecular weight excluding hydrogens is 232 g/mol. The van der Waals surface area contributed by atoms with Gasteiger partial charge in [-0.1, -0.05) is 23.8 Å². The molecule has 17 heavy (non-hydrogen) atoms. The lowest BCUT2D eigenvalue weighted by Gasteiger charge is -2.29. The molecule has 3 nitrogen and oxygen atoms in total. The normalized spacial score (nSPS) is 24.0. The molecule has 2 atom stereocenters. The van der Waals surface area contributed by atoms with E-state index in [2.05, 4.69) is 29.3 Å². The number of hydrogen-bond donors (Lipinski definition) is 0. The minimum absolute atomic E-state index is 0.281. The van der Waals surface area contributed by atoms with Gasteiger partial charge in [0.25, 0.3) is 0 Å². The summed E-state index contributed by atoms with van der Waals surface area (Å²) in [5, 5.41) is 0. The lowest BCUT2D eigenvalue weighted by molar-refractivity contribution is 0.316. The second kappa shape index (κ2) is 5.91. The number of allylic oxidation sites excluding steroid dienone is 2. The molecule has 0 bridgehead atoms. The van der Waals surface area contributed by atoms with Crippen LogP contribution in [0.3, 0.4) is 0 Å². The van der Waals surface area contributed by atoms with Crippen molar-refractivity contribution in [2.24, 2.45) is 10.3 Å². The summed E-state index contributed by atoms with van der Waals surface area (Å²) in [5.41, 5.74) is 1.09. The molecule has 0 aliphatic carbocycles. The minimum Gasteiger partial charge on any atom is -0.591 e. The Bertz CT molecular complexity index is 307. The largest absolute Gasteiger partial charge is 0.591 e. The maximum atomic E-state index is 11.8. The van der Waals surface area contributed by atoms with Gasteiger partial charge in [0.2, 0.25) is 0 Å².